The number of hydrogen-bond acceptors (Lipinski definition) is 7. The van der Waals surface area contributed by atoms with E-state index in [1.807, 2.05) is 6.92 Å². The van der Waals surface area contributed by atoms with E-state index in [-0.39, 0.29) is 5.56 Å². The first-order valence-electron chi connectivity index (χ1n) is 7.53. The van der Waals surface area contributed by atoms with Crippen LogP contribution in [0.2, 0.25) is 0 Å². The van der Waals surface area contributed by atoms with Crippen LogP contribution in [0.25, 0.3) is 11.1 Å². The predicted octanol–water partition coefficient (Wildman–Crippen LogP) is 3.03. The minimum atomic E-state index is -1.11. The molecule has 0 atom stereocenters. The van der Waals surface area contributed by atoms with Gasteiger partial charge in [0.05, 0.1) is 11.1 Å². The molecule has 0 fully saturated rings. The van der Waals surface area contributed by atoms with Crippen LogP contribution in [0.4, 0.5) is 0 Å². The number of phenolic OH excluding ortho intramolecular Hbond substituents is 7. The second kappa shape index (κ2) is 6.66. The smallest absolute Gasteiger partial charge is 0.208 e. The number of rotatable bonds is 5. The Kier molecular flexibility index (Phi) is 4.82. The number of aromatic hydroxyl groups is 7. The van der Waals surface area contributed by atoms with Crippen LogP contribution < -0.4 is 0 Å². The standard InChI is InChI=1S/C17H20O7/c1-2-3-4-5-8-6-9(18)11(10(19)7-8)12-13(20)15(22)17(24)16(23)14(12)21/h6-7,18-24H,2-5H2,1H3. The van der Waals surface area contributed by atoms with Crippen LogP contribution in [-0.2, 0) is 6.42 Å². The number of benzene rings is 2. The first-order chi connectivity index (χ1) is 11.3. The first kappa shape index (κ1) is 17.4. The van der Waals surface area contributed by atoms with Gasteiger partial charge in [-0.2, -0.15) is 0 Å². The minimum absolute atomic E-state index is 0.366. The summed E-state index contributed by atoms with van der Waals surface area (Å²) in [4.78, 5) is 0. The molecular weight excluding hydrogens is 316 g/mol. The Balaban J connectivity index is 2.58. The fourth-order valence-electron chi connectivity index (χ4n) is 2.57. The fourth-order valence-corrected chi connectivity index (χ4v) is 2.57. The van der Waals surface area contributed by atoms with Gasteiger partial charge in [0.25, 0.3) is 0 Å². The van der Waals surface area contributed by atoms with E-state index in [1.165, 1.54) is 12.1 Å². The summed E-state index contributed by atoms with van der Waals surface area (Å²) < 4.78 is 0. The first-order valence-corrected chi connectivity index (χ1v) is 7.53. The minimum Gasteiger partial charge on any atom is -0.507 e. The van der Waals surface area contributed by atoms with Crippen LogP contribution in [0, 0.1) is 0 Å². The van der Waals surface area contributed by atoms with E-state index in [4.69, 9.17) is 0 Å². The Bertz CT molecular complexity index is 716. The zero-order chi connectivity index (χ0) is 18.0. The van der Waals surface area contributed by atoms with Crippen molar-refractivity contribution in [3.05, 3.63) is 17.7 Å². The summed E-state index contributed by atoms with van der Waals surface area (Å²) >= 11 is 0. The Hall–Kier alpha value is -2.96. The summed E-state index contributed by atoms with van der Waals surface area (Å²) in [5.74, 6) is -6.12. The topological polar surface area (TPSA) is 142 Å². The van der Waals surface area contributed by atoms with Crippen molar-refractivity contribution in [2.45, 2.75) is 32.6 Å². The highest BCUT2D eigenvalue weighted by molar-refractivity contribution is 5.90. The third-order valence-corrected chi connectivity index (χ3v) is 3.85. The summed E-state index contributed by atoms with van der Waals surface area (Å²) in [5.41, 5.74) is -0.291. The molecule has 0 saturated heterocycles. The maximum Gasteiger partial charge on any atom is 0.208 e. The lowest BCUT2D eigenvalue weighted by Crippen LogP contribution is -1.90. The van der Waals surface area contributed by atoms with Crippen molar-refractivity contribution in [3.8, 4) is 51.4 Å². The van der Waals surface area contributed by atoms with E-state index in [0.717, 1.165) is 19.3 Å². The zero-order valence-corrected chi connectivity index (χ0v) is 13.1. The molecule has 7 heteroatoms. The molecule has 2 rings (SSSR count). The molecule has 0 unspecified atom stereocenters. The molecule has 0 amide bonds. The van der Waals surface area contributed by atoms with Gasteiger partial charge in [-0.3, -0.25) is 0 Å². The Morgan fingerprint density at radius 2 is 1.08 bits per heavy atom. The van der Waals surface area contributed by atoms with Crippen molar-refractivity contribution in [1.82, 2.24) is 0 Å². The highest BCUT2D eigenvalue weighted by Crippen LogP contribution is 2.57. The van der Waals surface area contributed by atoms with Gasteiger partial charge in [0.2, 0.25) is 17.2 Å². The van der Waals surface area contributed by atoms with Crippen LogP contribution in [0.5, 0.6) is 40.2 Å². The van der Waals surface area contributed by atoms with Crippen LogP contribution in [-0.4, -0.2) is 35.7 Å². The second-order valence-electron chi connectivity index (χ2n) is 5.58. The molecule has 0 aliphatic rings. The van der Waals surface area contributed by atoms with E-state index in [0.29, 0.717) is 12.0 Å². The summed E-state index contributed by atoms with van der Waals surface area (Å²) in [5, 5.41) is 68.8. The number of phenols is 7. The molecule has 130 valence electrons. The van der Waals surface area contributed by atoms with E-state index in [1.54, 1.807) is 0 Å². The van der Waals surface area contributed by atoms with Gasteiger partial charge >= 0.3 is 0 Å². The highest BCUT2D eigenvalue weighted by Gasteiger charge is 2.28. The highest BCUT2D eigenvalue weighted by atomic mass is 16.4. The number of hydrogen-bond donors (Lipinski definition) is 7. The van der Waals surface area contributed by atoms with Crippen LogP contribution >= 0.6 is 0 Å². The monoisotopic (exact) mass is 336 g/mol. The molecular formula is C17H20O7. The van der Waals surface area contributed by atoms with Gasteiger partial charge in [-0.05, 0) is 30.5 Å². The molecule has 0 spiro atoms. The maximum absolute atomic E-state index is 10.2. The van der Waals surface area contributed by atoms with Gasteiger partial charge in [-0.1, -0.05) is 19.8 Å². The number of aryl methyl sites for hydroxylation is 1. The third-order valence-electron chi connectivity index (χ3n) is 3.85. The SMILES string of the molecule is CCCCCc1cc(O)c(-c2c(O)c(O)c(O)c(O)c2O)c(O)c1. The lowest BCUT2D eigenvalue weighted by Gasteiger charge is -2.15. The van der Waals surface area contributed by atoms with E-state index >= 15 is 0 Å². The summed E-state index contributed by atoms with van der Waals surface area (Å²) in [6, 6.07) is 2.73. The average molecular weight is 336 g/mol. The largest absolute Gasteiger partial charge is 0.507 e. The summed E-state index contributed by atoms with van der Waals surface area (Å²) in [6.45, 7) is 2.05. The lowest BCUT2D eigenvalue weighted by molar-refractivity contribution is 0.329. The van der Waals surface area contributed by atoms with Gasteiger partial charge < -0.3 is 35.7 Å². The van der Waals surface area contributed by atoms with Crippen molar-refractivity contribution < 1.29 is 35.7 Å². The predicted molar refractivity (Wildman–Crippen MR) is 86.8 cm³/mol. The molecule has 0 heterocycles. The molecule has 24 heavy (non-hydrogen) atoms. The van der Waals surface area contributed by atoms with Gasteiger partial charge in [-0.25, -0.2) is 0 Å². The van der Waals surface area contributed by atoms with E-state index in [2.05, 4.69) is 0 Å². The van der Waals surface area contributed by atoms with Crippen molar-refractivity contribution in [2.24, 2.45) is 0 Å². The average Bonchev–Trinajstić information content (AvgIpc) is 2.54. The van der Waals surface area contributed by atoms with Crippen LogP contribution in [0.1, 0.15) is 31.7 Å². The Morgan fingerprint density at radius 3 is 1.54 bits per heavy atom. The van der Waals surface area contributed by atoms with Gasteiger partial charge in [0, 0.05) is 0 Å². The van der Waals surface area contributed by atoms with E-state index in [9.17, 15) is 35.7 Å². The Labute approximate surface area is 138 Å². The molecule has 0 bridgehead atoms. The molecule has 0 aliphatic heterocycles. The van der Waals surface area contributed by atoms with Crippen molar-refractivity contribution in [3.63, 3.8) is 0 Å². The molecule has 0 aliphatic carbocycles. The van der Waals surface area contributed by atoms with Gasteiger partial charge in [0.1, 0.15) is 11.5 Å². The summed E-state index contributed by atoms with van der Waals surface area (Å²) in [6.07, 6.45) is 3.50. The molecule has 2 aromatic carbocycles. The Morgan fingerprint density at radius 1 is 0.625 bits per heavy atom. The van der Waals surface area contributed by atoms with Gasteiger partial charge in [0.15, 0.2) is 11.5 Å². The van der Waals surface area contributed by atoms with Crippen molar-refractivity contribution in [1.29, 1.82) is 0 Å². The molecule has 0 saturated carbocycles. The van der Waals surface area contributed by atoms with Crippen molar-refractivity contribution in [2.75, 3.05) is 0 Å². The maximum atomic E-state index is 10.2. The lowest BCUT2D eigenvalue weighted by atomic mass is 9.96. The van der Waals surface area contributed by atoms with Crippen LogP contribution in [0.15, 0.2) is 12.1 Å². The normalized spacial score (nSPS) is 10.9. The quantitative estimate of drug-likeness (QED) is 0.253. The summed E-state index contributed by atoms with van der Waals surface area (Å²) in [7, 11) is 0. The molecule has 2 aromatic rings. The van der Waals surface area contributed by atoms with Gasteiger partial charge in [-0.15, -0.1) is 0 Å². The molecule has 7 nitrogen and oxygen atoms in total. The van der Waals surface area contributed by atoms with Crippen LogP contribution in [0.3, 0.4) is 0 Å². The second-order valence-corrected chi connectivity index (χ2v) is 5.58. The van der Waals surface area contributed by atoms with E-state index < -0.39 is 45.8 Å². The van der Waals surface area contributed by atoms with Crippen molar-refractivity contribution >= 4 is 0 Å². The molecule has 0 radical (unpaired) electrons. The molecule has 0 aromatic heterocycles. The fraction of sp³-hybridized carbons (Fsp3) is 0.294. The zero-order valence-electron chi connectivity index (χ0n) is 13.1. The number of unbranched alkanes of at least 4 members (excludes halogenated alkanes) is 2. The molecule has 7 N–H and O–H groups in total. The third kappa shape index (κ3) is 2.92.